The lowest BCUT2D eigenvalue weighted by molar-refractivity contribution is -0.122. The van der Waals surface area contributed by atoms with Crippen molar-refractivity contribution in [3.05, 3.63) is 94.8 Å². The minimum absolute atomic E-state index is 0. The summed E-state index contributed by atoms with van der Waals surface area (Å²) < 4.78 is 39.8. The molecule has 1 aliphatic heterocycles. The summed E-state index contributed by atoms with van der Waals surface area (Å²) in [7, 11) is 0. The van der Waals surface area contributed by atoms with E-state index in [9.17, 15) is 27.9 Å². The van der Waals surface area contributed by atoms with Crippen LogP contribution in [0.2, 0.25) is 0 Å². The maximum absolute atomic E-state index is 13.3. The number of amides is 3. The third-order valence-corrected chi connectivity index (χ3v) is 7.64. The molecule has 0 unspecified atom stereocenters. The van der Waals surface area contributed by atoms with E-state index in [0.29, 0.717) is 37.1 Å². The summed E-state index contributed by atoms with van der Waals surface area (Å²) in [6.07, 6.45) is 1.05. The van der Waals surface area contributed by atoms with Gasteiger partial charge in [-0.1, -0.05) is 6.07 Å². The number of nitrogens with one attached hydrogen (secondary N) is 3. The van der Waals surface area contributed by atoms with Crippen LogP contribution in [0.1, 0.15) is 11.3 Å². The Bertz CT molecular complexity index is 1670. The number of phenols is 1. The standard InChI is InChI=1S/C30H28F3N7O3S.ClH/c31-21-2-1-3-23(13-21)37-30(43)36-22-6-4-19(5-7-22)29-35-24(18-44-29)16-39-8-10-40(11-9-39)17-28(42)38-34-15-20-12-25(32)26(33)14-27(20)41;/h1-7,12-15,18,41H,8-11,16-17H2,(H,38,42)(H2,36,37,43);1H/b34-15+;. The average Bonchev–Trinajstić information content (AvgIpc) is 3.45. The summed E-state index contributed by atoms with van der Waals surface area (Å²) in [6, 6.07) is 13.9. The molecule has 0 bridgehead atoms. The second kappa shape index (κ2) is 15.5. The number of phenolic OH excluding ortho intramolecular Hbond substituents is 1. The van der Waals surface area contributed by atoms with Crippen LogP contribution >= 0.6 is 23.7 Å². The molecule has 3 aromatic carbocycles. The Hall–Kier alpha value is -4.50. The second-order valence-electron chi connectivity index (χ2n) is 9.98. The Balaban J connectivity index is 0.00000461. The number of aromatic hydroxyl groups is 1. The summed E-state index contributed by atoms with van der Waals surface area (Å²) in [4.78, 5) is 33.5. The molecule has 4 aromatic rings. The molecule has 1 aliphatic rings. The van der Waals surface area contributed by atoms with Crippen LogP contribution < -0.4 is 16.1 Å². The fraction of sp³-hybridized carbons (Fsp3) is 0.200. The van der Waals surface area contributed by atoms with Crippen molar-refractivity contribution in [1.29, 1.82) is 0 Å². The van der Waals surface area contributed by atoms with Crippen molar-refractivity contribution in [1.82, 2.24) is 20.2 Å². The van der Waals surface area contributed by atoms with Gasteiger partial charge >= 0.3 is 6.03 Å². The number of carbonyl (C=O) groups is 2. The number of anilines is 2. The maximum Gasteiger partial charge on any atom is 0.323 e. The van der Waals surface area contributed by atoms with Crippen molar-refractivity contribution in [2.24, 2.45) is 5.10 Å². The SMILES string of the molecule is Cl.O=C(CN1CCN(Cc2csc(-c3ccc(NC(=O)Nc4cccc(F)c4)cc3)n2)CC1)N/N=C/c1cc(F)c(F)cc1O. The zero-order valence-corrected chi connectivity index (χ0v) is 25.3. The molecule has 0 spiro atoms. The van der Waals surface area contributed by atoms with Gasteiger partial charge in [0.05, 0.1) is 18.5 Å². The average molecular weight is 660 g/mol. The molecule has 1 aromatic heterocycles. The molecule has 236 valence electrons. The number of hydrogen-bond acceptors (Lipinski definition) is 8. The molecule has 5 rings (SSSR count). The molecule has 2 heterocycles. The van der Waals surface area contributed by atoms with Gasteiger partial charge in [-0.3, -0.25) is 14.6 Å². The lowest BCUT2D eigenvalue weighted by Crippen LogP contribution is -2.48. The number of hydrazone groups is 1. The molecule has 10 nitrogen and oxygen atoms in total. The van der Waals surface area contributed by atoms with E-state index in [1.807, 2.05) is 22.4 Å². The summed E-state index contributed by atoms with van der Waals surface area (Å²) in [5.41, 5.74) is 5.07. The Morgan fingerprint density at radius 3 is 2.36 bits per heavy atom. The monoisotopic (exact) mass is 659 g/mol. The number of nitrogens with zero attached hydrogens (tertiary/aromatic N) is 4. The fourth-order valence-electron chi connectivity index (χ4n) is 4.47. The highest BCUT2D eigenvalue weighted by atomic mass is 35.5. The van der Waals surface area contributed by atoms with Crippen LogP contribution in [0.5, 0.6) is 5.75 Å². The van der Waals surface area contributed by atoms with E-state index in [1.54, 1.807) is 18.2 Å². The van der Waals surface area contributed by atoms with Crippen molar-refractivity contribution < 1.29 is 27.9 Å². The first kappa shape index (κ1) is 33.4. The maximum atomic E-state index is 13.3. The Morgan fingerprint density at radius 2 is 1.62 bits per heavy atom. The van der Waals surface area contributed by atoms with Gasteiger partial charge in [-0.25, -0.2) is 28.4 Å². The number of carbonyl (C=O) groups excluding carboxylic acids is 2. The van der Waals surface area contributed by atoms with Gasteiger partial charge in [-0.05, 0) is 48.5 Å². The molecule has 45 heavy (non-hydrogen) atoms. The summed E-state index contributed by atoms with van der Waals surface area (Å²) in [5.74, 6) is -3.59. The van der Waals surface area contributed by atoms with Gasteiger partial charge in [0, 0.05) is 66.7 Å². The molecular weight excluding hydrogens is 631 g/mol. The van der Waals surface area contributed by atoms with Crippen LogP contribution in [0, 0.1) is 17.5 Å². The summed E-state index contributed by atoms with van der Waals surface area (Å²) in [5, 5.41) is 21.6. The minimum Gasteiger partial charge on any atom is -0.507 e. The highest BCUT2D eigenvalue weighted by molar-refractivity contribution is 7.13. The first-order valence-electron chi connectivity index (χ1n) is 13.5. The molecule has 15 heteroatoms. The topological polar surface area (TPSA) is 122 Å². The second-order valence-corrected chi connectivity index (χ2v) is 10.8. The molecule has 1 saturated heterocycles. The number of urea groups is 1. The molecule has 3 amide bonds. The van der Waals surface area contributed by atoms with Crippen molar-refractivity contribution in [2.45, 2.75) is 6.54 Å². The first-order valence-corrected chi connectivity index (χ1v) is 14.4. The predicted molar refractivity (Wildman–Crippen MR) is 169 cm³/mol. The highest BCUT2D eigenvalue weighted by Crippen LogP contribution is 2.26. The quantitative estimate of drug-likeness (QED) is 0.144. The van der Waals surface area contributed by atoms with E-state index in [4.69, 9.17) is 4.98 Å². The predicted octanol–water partition coefficient (Wildman–Crippen LogP) is 5.27. The van der Waals surface area contributed by atoms with E-state index in [0.717, 1.165) is 41.6 Å². The zero-order valence-electron chi connectivity index (χ0n) is 23.7. The molecule has 0 aliphatic carbocycles. The van der Waals surface area contributed by atoms with E-state index in [2.05, 4.69) is 26.1 Å². The van der Waals surface area contributed by atoms with Gasteiger partial charge in [0.25, 0.3) is 5.91 Å². The number of aromatic nitrogens is 1. The number of benzene rings is 3. The minimum atomic E-state index is -1.18. The molecule has 0 saturated carbocycles. The lowest BCUT2D eigenvalue weighted by Gasteiger charge is -2.33. The van der Waals surface area contributed by atoms with Gasteiger partial charge < -0.3 is 15.7 Å². The Labute approximate surface area is 267 Å². The Morgan fingerprint density at radius 1 is 0.933 bits per heavy atom. The zero-order chi connectivity index (χ0) is 31.1. The number of rotatable bonds is 9. The third kappa shape index (κ3) is 9.49. The Kier molecular flexibility index (Phi) is 11.5. The van der Waals surface area contributed by atoms with Crippen LogP contribution in [0.15, 0.2) is 71.1 Å². The highest BCUT2D eigenvalue weighted by Gasteiger charge is 2.20. The van der Waals surface area contributed by atoms with Crippen molar-refractivity contribution >= 4 is 53.3 Å². The number of hydrogen-bond donors (Lipinski definition) is 4. The summed E-state index contributed by atoms with van der Waals surface area (Å²) in [6.45, 7) is 3.60. The van der Waals surface area contributed by atoms with E-state index in [1.165, 1.54) is 29.5 Å². The van der Waals surface area contributed by atoms with E-state index in [-0.39, 0.29) is 30.4 Å². The van der Waals surface area contributed by atoms with Gasteiger partial charge in [-0.15, -0.1) is 23.7 Å². The molecule has 0 atom stereocenters. The fourth-order valence-corrected chi connectivity index (χ4v) is 5.29. The van der Waals surface area contributed by atoms with Gasteiger partial charge in [0.2, 0.25) is 0 Å². The van der Waals surface area contributed by atoms with Gasteiger partial charge in [0.1, 0.15) is 16.6 Å². The van der Waals surface area contributed by atoms with Gasteiger partial charge in [-0.2, -0.15) is 5.10 Å². The van der Waals surface area contributed by atoms with Crippen LogP contribution in [-0.4, -0.2) is 70.8 Å². The van der Waals surface area contributed by atoms with E-state index < -0.39 is 29.2 Å². The normalized spacial score (nSPS) is 13.8. The van der Waals surface area contributed by atoms with Crippen LogP contribution in [0.25, 0.3) is 10.6 Å². The summed E-state index contributed by atoms with van der Waals surface area (Å²) >= 11 is 1.53. The van der Waals surface area contributed by atoms with Crippen LogP contribution in [-0.2, 0) is 11.3 Å². The molecule has 4 N–H and O–H groups in total. The third-order valence-electron chi connectivity index (χ3n) is 6.70. The largest absolute Gasteiger partial charge is 0.507 e. The number of piperazine rings is 1. The van der Waals surface area contributed by atoms with E-state index >= 15 is 0 Å². The smallest absolute Gasteiger partial charge is 0.323 e. The van der Waals surface area contributed by atoms with Crippen LogP contribution in [0.3, 0.4) is 0 Å². The molecule has 0 radical (unpaired) electrons. The lowest BCUT2D eigenvalue weighted by atomic mass is 10.2. The number of thiazole rings is 1. The first-order chi connectivity index (χ1) is 21.2. The van der Waals surface area contributed by atoms with Crippen molar-refractivity contribution in [2.75, 3.05) is 43.4 Å². The molecule has 1 fully saturated rings. The number of halogens is 4. The van der Waals surface area contributed by atoms with Crippen LogP contribution in [0.4, 0.5) is 29.3 Å². The van der Waals surface area contributed by atoms with Crippen molar-refractivity contribution in [3.8, 4) is 16.3 Å². The molecular formula is C30H29ClF3N7O3S. The van der Waals surface area contributed by atoms with Gasteiger partial charge in [0.15, 0.2) is 11.6 Å². The van der Waals surface area contributed by atoms with Crippen molar-refractivity contribution in [3.63, 3.8) is 0 Å².